The van der Waals surface area contributed by atoms with E-state index >= 15 is 0 Å². The lowest BCUT2D eigenvalue weighted by Crippen LogP contribution is -2.29. The molecule has 0 bridgehead atoms. The molecular weight excluding hydrogens is 350 g/mol. The smallest absolute Gasteiger partial charge is 0.274 e. The van der Waals surface area contributed by atoms with Gasteiger partial charge in [-0.25, -0.2) is 0 Å². The Morgan fingerprint density at radius 1 is 0.893 bits per heavy atom. The number of hydrogen-bond acceptors (Lipinski definition) is 5. The van der Waals surface area contributed by atoms with Crippen molar-refractivity contribution in [3.8, 4) is 0 Å². The van der Waals surface area contributed by atoms with Crippen molar-refractivity contribution in [2.45, 2.75) is 32.2 Å². The van der Waals surface area contributed by atoms with Gasteiger partial charge in [0, 0.05) is 18.7 Å². The van der Waals surface area contributed by atoms with Crippen LogP contribution in [0.2, 0.25) is 0 Å². The number of nitrogens with one attached hydrogen (secondary N) is 2. The second kappa shape index (κ2) is 8.80. The van der Waals surface area contributed by atoms with E-state index in [4.69, 9.17) is 0 Å². The monoisotopic (exact) mass is 375 g/mol. The van der Waals surface area contributed by atoms with Gasteiger partial charge in [0.1, 0.15) is 5.69 Å². The number of hydrogen-bond donors (Lipinski definition) is 2. The highest BCUT2D eigenvalue weighted by atomic mass is 16.1. The van der Waals surface area contributed by atoms with Crippen LogP contribution in [0.4, 0.5) is 11.6 Å². The zero-order valence-corrected chi connectivity index (χ0v) is 15.9. The number of rotatable bonds is 6. The summed E-state index contributed by atoms with van der Waals surface area (Å²) in [5.74, 6) is 0.352. The third-order valence-electron chi connectivity index (χ3n) is 5.05. The van der Waals surface area contributed by atoms with Gasteiger partial charge in [0.05, 0.1) is 0 Å². The summed E-state index contributed by atoms with van der Waals surface area (Å²) < 4.78 is 0. The number of aromatic amines is 1. The number of benzene rings is 2. The summed E-state index contributed by atoms with van der Waals surface area (Å²) in [6.07, 6.45) is 4.41. The van der Waals surface area contributed by atoms with E-state index in [0.29, 0.717) is 18.1 Å². The fraction of sp³-hybridized carbons (Fsp3) is 0.318. The van der Waals surface area contributed by atoms with Crippen molar-refractivity contribution >= 4 is 11.6 Å². The number of likely N-dealkylation sites (tertiary alicyclic amines) is 1. The maximum absolute atomic E-state index is 12.3. The molecule has 28 heavy (non-hydrogen) atoms. The van der Waals surface area contributed by atoms with Crippen LogP contribution in [-0.2, 0) is 13.0 Å². The van der Waals surface area contributed by atoms with Crippen LogP contribution in [0.15, 0.2) is 59.4 Å². The Morgan fingerprint density at radius 2 is 1.64 bits per heavy atom. The van der Waals surface area contributed by atoms with Crippen molar-refractivity contribution < 1.29 is 0 Å². The van der Waals surface area contributed by atoms with Gasteiger partial charge in [-0.2, -0.15) is 0 Å². The first-order valence-corrected chi connectivity index (χ1v) is 9.84. The van der Waals surface area contributed by atoms with Gasteiger partial charge in [0.25, 0.3) is 5.56 Å². The number of aromatic nitrogens is 3. The van der Waals surface area contributed by atoms with Gasteiger partial charge < -0.3 is 5.32 Å². The minimum Gasteiger partial charge on any atom is -0.324 e. The first kappa shape index (κ1) is 18.4. The van der Waals surface area contributed by atoms with E-state index in [2.05, 4.69) is 37.5 Å². The minimum absolute atomic E-state index is 0.219. The molecule has 1 aliphatic heterocycles. The van der Waals surface area contributed by atoms with Crippen LogP contribution in [0, 0.1) is 0 Å². The van der Waals surface area contributed by atoms with Crippen LogP contribution in [0.1, 0.15) is 36.1 Å². The van der Waals surface area contributed by atoms with E-state index in [9.17, 15) is 4.79 Å². The summed E-state index contributed by atoms with van der Waals surface area (Å²) in [7, 11) is 0. The molecule has 6 heteroatoms. The first-order chi connectivity index (χ1) is 13.8. The average Bonchev–Trinajstić information content (AvgIpc) is 2.73. The molecule has 0 unspecified atom stereocenters. The molecule has 0 spiro atoms. The maximum atomic E-state index is 12.3. The van der Waals surface area contributed by atoms with Gasteiger partial charge in [0.2, 0.25) is 5.95 Å². The van der Waals surface area contributed by atoms with E-state index in [0.717, 1.165) is 17.8 Å². The number of H-pyrrole nitrogens is 1. The third kappa shape index (κ3) is 4.84. The molecule has 2 aromatic carbocycles. The van der Waals surface area contributed by atoms with Crippen LogP contribution in [0.3, 0.4) is 0 Å². The molecule has 3 aromatic rings. The third-order valence-corrected chi connectivity index (χ3v) is 5.05. The Balaban J connectivity index is 1.38. The second-order valence-electron chi connectivity index (χ2n) is 7.27. The molecule has 0 amide bonds. The lowest BCUT2D eigenvalue weighted by Gasteiger charge is -2.26. The highest BCUT2D eigenvalue weighted by Gasteiger charge is 2.10. The second-order valence-corrected chi connectivity index (χ2v) is 7.27. The highest BCUT2D eigenvalue weighted by molar-refractivity contribution is 5.53. The molecule has 2 heterocycles. The molecule has 144 valence electrons. The molecule has 1 aliphatic rings. The molecule has 4 rings (SSSR count). The van der Waals surface area contributed by atoms with Gasteiger partial charge in [-0.1, -0.05) is 48.9 Å². The van der Waals surface area contributed by atoms with Gasteiger partial charge in [0.15, 0.2) is 0 Å². The predicted molar refractivity (Wildman–Crippen MR) is 111 cm³/mol. The summed E-state index contributed by atoms with van der Waals surface area (Å²) in [5, 5.41) is 11.3. The average molecular weight is 375 g/mol. The Kier molecular flexibility index (Phi) is 5.77. The molecule has 0 radical (unpaired) electrons. The van der Waals surface area contributed by atoms with Crippen molar-refractivity contribution in [3.63, 3.8) is 0 Å². The van der Waals surface area contributed by atoms with Crippen LogP contribution in [-0.4, -0.2) is 33.2 Å². The summed E-state index contributed by atoms with van der Waals surface area (Å²) in [5.41, 5.74) is 3.40. The highest BCUT2D eigenvalue weighted by Crippen LogP contribution is 2.16. The molecule has 0 saturated carbocycles. The predicted octanol–water partition coefficient (Wildman–Crippen LogP) is 3.49. The Bertz CT molecular complexity index is 947. The molecule has 1 fully saturated rings. The standard InChI is InChI=1S/C22H25N5O/c28-21-20(15-17-7-3-1-4-8-17)25-26-22(24-21)23-19-11-9-18(10-12-19)16-27-13-5-2-6-14-27/h1,3-4,7-12H,2,5-6,13-16H2,(H2,23,24,26,28). The molecule has 0 aliphatic carbocycles. The lowest BCUT2D eigenvalue weighted by molar-refractivity contribution is 0.221. The maximum Gasteiger partial charge on any atom is 0.274 e. The Hall–Kier alpha value is -2.99. The van der Waals surface area contributed by atoms with E-state index in [-0.39, 0.29) is 5.56 Å². The van der Waals surface area contributed by atoms with Crippen molar-refractivity contribution in [1.82, 2.24) is 20.1 Å². The summed E-state index contributed by atoms with van der Waals surface area (Å²) in [6, 6.07) is 18.0. The van der Waals surface area contributed by atoms with E-state index in [1.165, 1.54) is 37.9 Å². The zero-order chi connectivity index (χ0) is 19.2. The molecule has 0 atom stereocenters. The zero-order valence-electron chi connectivity index (χ0n) is 15.9. The minimum atomic E-state index is -0.219. The van der Waals surface area contributed by atoms with E-state index in [1.54, 1.807) is 0 Å². The number of nitrogens with zero attached hydrogens (tertiary/aromatic N) is 3. The number of anilines is 2. The van der Waals surface area contributed by atoms with Crippen LogP contribution in [0.25, 0.3) is 0 Å². The van der Waals surface area contributed by atoms with Crippen LogP contribution >= 0.6 is 0 Å². The summed E-state index contributed by atoms with van der Waals surface area (Å²) >= 11 is 0. The first-order valence-electron chi connectivity index (χ1n) is 9.84. The van der Waals surface area contributed by atoms with Gasteiger partial charge in [-0.3, -0.25) is 14.7 Å². The largest absolute Gasteiger partial charge is 0.324 e. The molecular formula is C22H25N5O. The van der Waals surface area contributed by atoms with Gasteiger partial charge in [-0.15, -0.1) is 10.2 Å². The van der Waals surface area contributed by atoms with E-state index in [1.807, 2.05) is 42.5 Å². The van der Waals surface area contributed by atoms with Gasteiger partial charge >= 0.3 is 0 Å². The van der Waals surface area contributed by atoms with Crippen LogP contribution in [0.5, 0.6) is 0 Å². The lowest BCUT2D eigenvalue weighted by atomic mass is 10.1. The van der Waals surface area contributed by atoms with E-state index < -0.39 is 0 Å². The fourth-order valence-corrected chi connectivity index (χ4v) is 3.53. The SMILES string of the molecule is O=c1[nH]c(Nc2ccc(CN3CCCCC3)cc2)nnc1Cc1ccccc1. The Morgan fingerprint density at radius 3 is 2.36 bits per heavy atom. The fourth-order valence-electron chi connectivity index (χ4n) is 3.53. The van der Waals surface area contributed by atoms with Crippen molar-refractivity contribution in [2.24, 2.45) is 0 Å². The molecule has 6 nitrogen and oxygen atoms in total. The summed E-state index contributed by atoms with van der Waals surface area (Å²) in [4.78, 5) is 17.6. The van der Waals surface area contributed by atoms with Gasteiger partial charge in [-0.05, 0) is 49.2 Å². The molecule has 1 saturated heterocycles. The normalized spacial score (nSPS) is 14.7. The molecule has 2 N–H and O–H groups in total. The number of piperidine rings is 1. The van der Waals surface area contributed by atoms with Crippen molar-refractivity contribution in [2.75, 3.05) is 18.4 Å². The topological polar surface area (TPSA) is 73.9 Å². The van der Waals surface area contributed by atoms with Crippen molar-refractivity contribution in [3.05, 3.63) is 81.8 Å². The molecule has 1 aromatic heterocycles. The Labute approximate surface area is 164 Å². The summed E-state index contributed by atoms with van der Waals surface area (Å²) in [6.45, 7) is 3.36. The quantitative estimate of drug-likeness (QED) is 0.690. The van der Waals surface area contributed by atoms with Crippen LogP contribution < -0.4 is 10.9 Å². The van der Waals surface area contributed by atoms with Crippen molar-refractivity contribution in [1.29, 1.82) is 0 Å².